The summed E-state index contributed by atoms with van der Waals surface area (Å²) in [5, 5.41) is 5.30. The molecule has 0 atom stereocenters. The van der Waals surface area contributed by atoms with E-state index in [0.717, 1.165) is 16.7 Å². The number of amides is 4. The van der Waals surface area contributed by atoms with Crippen molar-refractivity contribution in [3.05, 3.63) is 40.3 Å². The molecule has 0 aliphatic carbocycles. The van der Waals surface area contributed by atoms with E-state index in [9.17, 15) is 22.8 Å². The number of ether oxygens (including phenoxy) is 1. The number of alkyl halides is 3. The van der Waals surface area contributed by atoms with Crippen LogP contribution in [0.1, 0.15) is 16.7 Å². The normalized spacial score (nSPS) is 11.1. The number of carbonyl (C=O) groups excluding carboxylic acids is 2. The maximum absolute atomic E-state index is 12.8. The minimum absolute atomic E-state index is 0.0139. The predicted molar refractivity (Wildman–Crippen MR) is 87.0 cm³/mol. The second kappa shape index (κ2) is 7.01. The van der Waals surface area contributed by atoms with Gasteiger partial charge in [-0.15, -0.1) is 11.3 Å². The van der Waals surface area contributed by atoms with Crippen molar-refractivity contribution in [1.82, 2.24) is 5.32 Å². The summed E-state index contributed by atoms with van der Waals surface area (Å²) in [7, 11) is 0. The van der Waals surface area contributed by atoms with Crippen molar-refractivity contribution in [2.45, 2.75) is 20.0 Å². The Balaban J connectivity index is 2.22. The molecule has 1 aromatic heterocycles. The van der Waals surface area contributed by atoms with Crippen LogP contribution in [0.3, 0.4) is 0 Å². The van der Waals surface area contributed by atoms with Gasteiger partial charge in [0.15, 0.2) is 5.06 Å². The van der Waals surface area contributed by atoms with Gasteiger partial charge in [-0.2, -0.15) is 13.2 Å². The second-order valence-electron chi connectivity index (χ2n) is 5.14. The van der Waals surface area contributed by atoms with E-state index in [1.807, 2.05) is 5.32 Å². The molecule has 0 bridgehead atoms. The molecule has 2 rings (SSSR count). The largest absolute Gasteiger partial charge is 0.446 e. The SMILES string of the molecule is Cc1cc(NC(=O)NC(N)=O)cc(Oc2scc(C(F)(F)F)c2C)c1. The third-order valence-corrected chi connectivity index (χ3v) is 4.01. The summed E-state index contributed by atoms with van der Waals surface area (Å²) in [6, 6.07) is 2.76. The third-order valence-electron chi connectivity index (χ3n) is 3.06. The van der Waals surface area contributed by atoms with E-state index in [0.29, 0.717) is 11.3 Å². The van der Waals surface area contributed by atoms with Crippen LogP contribution < -0.4 is 21.1 Å². The standard InChI is InChI=1S/C15H14F3N3O3S/c1-7-3-9(20-14(23)21-13(19)22)5-10(4-7)24-12-8(2)11(6-25-12)15(16,17)18/h3-6H,1-2H3,(H4,19,20,21,22,23). The second-order valence-corrected chi connectivity index (χ2v) is 5.98. The highest BCUT2D eigenvalue weighted by Gasteiger charge is 2.34. The third kappa shape index (κ3) is 4.86. The van der Waals surface area contributed by atoms with Crippen molar-refractivity contribution >= 4 is 29.1 Å². The zero-order chi connectivity index (χ0) is 18.8. The first-order chi connectivity index (χ1) is 11.6. The van der Waals surface area contributed by atoms with Crippen molar-refractivity contribution in [1.29, 1.82) is 0 Å². The Morgan fingerprint density at radius 3 is 2.44 bits per heavy atom. The van der Waals surface area contributed by atoms with Crippen LogP contribution in [0.5, 0.6) is 10.8 Å². The van der Waals surface area contributed by atoms with Crippen LogP contribution in [0, 0.1) is 13.8 Å². The van der Waals surface area contributed by atoms with Crippen LogP contribution in [0.4, 0.5) is 28.4 Å². The molecule has 1 heterocycles. The van der Waals surface area contributed by atoms with Gasteiger partial charge in [0.1, 0.15) is 5.75 Å². The smallest absolute Gasteiger partial charge is 0.417 e. The van der Waals surface area contributed by atoms with E-state index in [4.69, 9.17) is 10.5 Å². The fourth-order valence-electron chi connectivity index (χ4n) is 2.04. The molecule has 0 aliphatic heterocycles. The van der Waals surface area contributed by atoms with Gasteiger partial charge in [-0.3, -0.25) is 5.32 Å². The van der Waals surface area contributed by atoms with Gasteiger partial charge in [0.05, 0.1) is 5.56 Å². The molecule has 0 spiro atoms. The van der Waals surface area contributed by atoms with Crippen LogP contribution >= 0.6 is 11.3 Å². The first-order valence-corrected chi connectivity index (χ1v) is 7.76. The number of aryl methyl sites for hydroxylation is 1. The van der Waals surface area contributed by atoms with Gasteiger partial charge in [0, 0.05) is 22.7 Å². The molecule has 4 N–H and O–H groups in total. The minimum Gasteiger partial charge on any atom is -0.446 e. The molecule has 0 aliphatic rings. The number of urea groups is 2. The van der Waals surface area contributed by atoms with Gasteiger partial charge in [-0.25, -0.2) is 9.59 Å². The van der Waals surface area contributed by atoms with Gasteiger partial charge >= 0.3 is 18.2 Å². The van der Waals surface area contributed by atoms with Crippen molar-refractivity contribution < 1.29 is 27.5 Å². The highest BCUT2D eigenvalue weighted by Crippen LogP contribution is 2.42. The average molecular weight is 373 g/mol. The summed E-state index contributed by atoms with van der Waals surface area (Å²) in [5.74, 6) is 0.244. The van der Waals surface area contributed by atoms with Crippen molar-refractivity contribution in [3.63, 3.8) is 0 Å². The zero-order valence-corrected chi connectivity index (χ0v) is 14.0. The molecule has 1 aromatic carbocycles. The van der Waals surface area contributed by atoms with Crippen LogP contribution in [-0.4, -0.2) is 12.1 Å². The Labute approximate surface area is 144 Å². The maximum Gasteiger partial charge on any atom is 0.417 e. The Hall–Kier alpha value is -2.75. The summed E-state index contributed by atoms with van der Waals surface area (Å²) in [4.78, 5) is 22.1. The minimum atomic E-state index is -4.45. The van der Waals surface area contributed by atoms with E-state index in [1.54, 1.807) is 19.1 Å². The highest BCUT2D eigenvalue weighted by atomic mass is 32.1. The van der Waals surface area contributed by atoms with Crippen LogP contribution in [-0.2, 0) is 6.18 Å². The van der Waals surface area contributed by atoms with Gasteiger partial charge in [-0.05, 0) is 31.5 Å². The number of thiophene rings is 1. The number of benzene rings is 1. The summed E-state index contributed by atoms with van der Waals surface area (Å²) in [6.45, 7) is 3.04. The molecule has 25 heavy (non-hydrogen) atoms. The summed E-state index contributed by atoms with van der Waals surface area (Å²) in [6.07, 6.45) is -4.45. The number of rotatable bonds is 3. The van der Waals surface area contributed by atoms with Gasteiger partial charge in [0.25, 0.3) is 0 Å². The summed E-state index contributed by atoms with van der Waals surface area (Å²) in [5.41, 5.74) is 5.05. The first kappa shape index (κ1) is 18.6. The molecule has 134 valence electrons. The number of nitrogens with one attached hydrogen (secondary N) is 2. The molecule has 0 unspecified atom stereocenters. The van der Waals surface area contributed by atoms with Gasteiger partial charge in [0.2, 0.25) is 0 Å². The Morgan fingerprint density at radius 1 is 1.20 bits per heavy atom. The van der Waals surface area contributed by atoms with Crippen LogP contribution in [0.15, 0.2) is 23.6 Å². The van der Waals surface area contributed by atoms with Gasteiger partial charge in [-0.1, -0.05) is 0 Å². The molecule has 2 aromatic rings. The Kier molecular flexibility index (Phi) is 5.21. The molecule has 4 amide bonds. The number of nitrogens with two attached hydrogens (primary N) is 1. The topological polar surface area (TPSA) is 93.5 Å². The average Bonchev–Trinajstić information content (AvgIpc) is 2.78. The number of halogens is 3. The molecular formula is C15H14F3N3O3S. The number of imide groups is 1. The lowest BCUT2D eigenvalue weighted by atomic mass is 10.2. The molecule has 0 saturated heterocycles. The number of hydrogen-bond acceptors (Lipinski definition) is 4. The summed E-state index contributed by atoms with van der Waals surface area (Å²) < 4.78 is 44.0. The number of hydrogen-bond donors (Lipinski definition) is 3. The highest BCUT2D eigenvalue weighted by molar-refractivity contribution is 7.12. The zero-order valence-electron chi connectivity index (χ0n) is 13.2. The molecular weight excluding hydrogens is 359 g/mol. The van der Waals surface area contributed by atoms with E-state index in [1.165, 1.54) is 13.0 Å². The quantitative estimate of drug-likeness (QED) is 0.745. The lowest BCUT2D eigenvalue weighted by Crippen LogP contribution is -2.38. The van der Waals surface area contributed by atoms with Crippen molar-refractivity contribution in [2.75, 3.05) is 5.32 Å². The molecule has 10 heteroatoms. The van der Waals surface area contributed by atoms with E-state index in [2.05, 4.69) is 5.32 Å². The summed E-state index contributed by atoms with van der Waals surface area (Å²) >= 11 is 0.829. The lowest BCUT2D eigenvalue weighted by molar-refractivity contribution is -0.137. The molecule has 0 saturated carbocycles. The van der Waals surface area contributed by atoms with Crippen LogP contribution in [0.25, 0.3) is 0 Å². The Bertz CT molecular complexity index is 818. The van der Waals surface area contributed by atoms with E-state index in [-0.39, 0.29) is 16.4 Å². The molecule has 6 nitrogen and oxygen atoms in total. The van der Waals surface area contributed by atoms with Crippen LogP contribution in [0.2, 0.25) is 0 Å². The number of carbonyl (C=O) groups is 2. The molecule has 0 radical (unpaired) electrons. The number of primary amides is 1. The molecule has 0 fully saturated rings. The first-order valence-electron chi connectivity index (χ1n) is 6.88. The van der Waals surface area contributed by atoms with E-state index < -0.39 is 23.8 Å². The van der Waals surface area contributed by atoms with Gasteiger partial charge < -0.3 is 15.8 Å². The lowest BCUT2D eigenvalue weighted by Gasteiger charge is -2.11. The fourth-order valence-corrected chi connectivity index (χ4v) is 3.01. The number of anilines is 1. The van der Waals surface area contributed by atoms with Crippen molar-refractivity contribution in [2.24, 2.45) is 5.73 Å². The monoisotopic (exact) mass is 373 g/mol. The fraction of sp³-hybridized carbons (Fsp3) is 0.200. The van der Waals surface area contributed by atoms with Crippen molar-refractivity contribution in [3.8, 4) is 10.8 Å². The van der Waals surface area contributed by atoms with E-state index >= 15 is 0 Å². The maximum atomic E-state index is 12.8. The predicted octanol–water partition coefficient (Wildman–Crippen LogP) is 4.38. The Morgan fingerprint density at radius 2 is 1.88 bits per heavy atom.